The predicted octanol–water partition coefficient (Wildman–Crippen LogP) is -1.14. The van der Waals surface area contributed by atoms with Gasteiger partial charge >= 0.3 is 0 Å². The van der Waals surface area contributed by atoms with Gasteiger partial charge in [-0.1, -0.05) is 0 Å². The smallest absolute Gasteiger partial charge is 0.226 e. The molecule has 0 aromatic carbocycles. The second kappa shape index (κ2) is 4.47. The summed E-state index contributed by atoms with van der Waals surface area (Å²) in [5.41, 5.74) is -0.440. The van der Waals surface area contributed by atoms with Crippen molar-refractivity contribution in [1.82, 2.24) is 10.6 Å². The maximum atomic E-state index is 11.8. The topological polar surface area (TPSA) is 70.6 Å². The number of aliphatic hydroxyl groups excluding tert-OH is 1. The summed E-state index contributed by atoms with van der Waals surface area (Å²) in [5, 5.41) is 15.4. The van der Waals surface area contributed by atoms with E-state index in [9.17, 15) is 9.90 Å². The Morgan fingerprint density at radius 2 is 2.13 bits per heavy atom. The van der Waals surface area contributed by atoms with Crippen LogP contribution in [-0.2, 0) is 9.53 Å². The minimum Gasteiger partial charge on any atom is -0.394 e. The van der Waals surface area contributed by atoms with Gasteiger partial charge in [0, 0.05) is 26.3 Å². The molecule has 3 N–H and O–H groups in total. The van der Waals surface area contributed by atoms with E-state index in [4.69, 9.17) is 4.74 Å². The lowest BCUT2D eigenvalue weighted by atomic mass is 9.89. The molecule has 2 rings (SSSR count). The van der Waals surface area contributed by atoms with E-state index in [1.807, 2.05) is 0 Å². The SMILES string of the molecule is O=C(NC1(CO)CCOCC1)C1CNC1. The predicted molar refractivity (Wildman–Crippen MR) is 54.4 cm³/mol. The normalized spacial score (nSPS) is 25.7. The molecule has 0 bridgehead atoms. The van der Waals surface area contributed by atoms with Crippen molar-refractivity contribution in [3.8, 4) is 0 Å². The van der Waals surface area contributed by atoms with E-state index in [0.717, 1.165) is 13.1 Å². The average Bonchev–Trinajstić information content (AvgIpc) is 2.16. The van der Waals surface area contributed by atoms with Crippen LogP contribution in [0.25, 0.3) is 0 Å². The molecule has 0 aromatic rings. The molecule has 2 aliphatic heterocycles. The summed E-state index contributed by atoms with van der Waals surface area (Å²) < 4.78 is 5.23. The van der Waals surface area contributed by atoms with Crippen LogP contribution in [-0.4, -0.2) is 49.5 Å². The quantitative estimate of drug-likeness (QED) is 0.555. The average molecular weight is 214 g/mol. The highest BCUT2D eigenvalue weighted by atomic mass is 16.5. The Balaban J connectivity index is 1.90. The maximum Gasteiger partial charge on any atom is 0.226 e. The first-order chi connectivity index (χ1) is 7.26. The standard InChI is InChI=1S/C10H18N2O3/c13-7-10(1-3-15-4-2-10)12-9(14)8-5-11-6-8/h8,11,13H,1-7H2,(H,12,14). The summed E-state index contributed by atoms with van der Waals surface area (Å²) in [6, 6.07) is 0. The number of aliphatic hydroxyl groups is 1. The molecule has 0 aromatic heterocycles. The fourth-order valence-electron chi connectivity index (χ4n) is 1.92. The summed E-state index contributed by atoms with van der Waals surface area (Å²) in [6.45, 7) is 2.74. The molecule has 0 spiro atoms. The third-order valence-corrected chi connectivity index (χ3v) is 3.29. The van der Waals surface area contributed by atoms with Crippen LogP contribution >= 0.6 is 0 Å². The molecular weight excluding hydrogens is 196 g/mol. The molecule has 86 valence electrons. The third-order valence-electron chi connectivity index (χ3n) is 3.29. The van der Waals surface area contributed by atoms with Gasteiger partial charge in [0.15, 0.2) is 0 Å². The van der Waals surface area contributed by atoms with Gasteiger partial charge in [-0.05, 0) is 12.8 Å². The number of rotatable bonds is 3. The molecule has 0 atom stereocenters. The number of nitrogens with one attached hydrogen (secondary N) is 2. The lowest BCUT2D eigenvalue weighted by Gasteiger charge is -2.38. The molecule has 0 radical (unpaired) electrons. The zero-order valence-corrected chi connectivity index (χ0v) is 8.79. The van der Waals surface area contributed by atoms with Crippen molar-refractivity contribution in [1.29, 1.82) is 0 Å². The second-order valence-electron chi connectivity index (χ2n) is 4.40. The lowest BCUT2D eigenvalue weighted by molar-refractivity contribution is -0.130. The second-order valence-corrected chi connectivity index (χ2v) is 4.40. The first-order valence-corrected chi connectivity index (χ1v) is 5.47. The highest BCUT2D eigenvalue weighted by Gasteiger charge is 2.36. The van der Waals surface area contributed by atoms with Crippen LogP contribution in [0.2, 0.25) is 0 Å². The summed E-state index contributed by atoms with van der Waals surface area (Å²) in [7, 11) is 0. The van der Waals surface area contributed by atoms with Crippen LogP contribution in [0.1, 0.15) is 12.8 Å². The Labute approximate surface area is 89.2 Å². The van der Waals surface area contributed by atoms with Crippen LogP contribution < -0.4 is 10.6 Å². The van der Waals surface area contributed by atoms with Gasteiger partial charge in [-0.3, -0.25) is 4.79 Å². The van der Waals surface area contributed by atoms with Crippen molar-refractivity contribution in [3.05, 3.63) is 0 Å². The fourth-order valence-corrected chi connectivity index (χ4v) is 1.92. The molecule has 5 heteroatoms. The van der Waals surface area contributed by atoms with Gasteiger partial charge in [-0.2, -0.15) is 0 Å². The Morgan fingerprint density at radius 1 is 1.47 bits per heavy atom. The van der Waals surface area contributed by atoms with Crippen molar-refractivity contribution in [2.45, 2.75) is 18.4 Å². The first-order valence-electron chi connectivity index (χ1n) is 5.47. The highest BCUT2D eigenvalue weighted by molar-refractivity contribution is 5.80. The Morgan fingerprint density at radius 3 is 2.60 bits per heavy atom. The number of ether oxygens (including phenoxy) is 1. The molecule has 1 amide bonds. The first kappa shape index (κ1) is 10.9. The largest absolute Gasteiger partial charge is 0.394 e. The van der Waals surface area contributed by atoms with Crippen molar-refractivity contribution < 1.29 is 14.6 Å². The van der Waals surface area contributed by atoms with E-state index in [1.165, 1.54) is 0 Å². The Hall–Kier alpha value is -0.650. The summed E-state index contributed by atoms with van der Waals surface area (Å²) >= 11 is 0. The Kier molecular flexibility index (Phi) is 3.23. The van der Waals surface area contributed by atoms with Gasteiger partial charge in [-0.25, -0.2) is 0 Å². The summed E-state index contributed by atoms with van der Waals surface area (Å²) in [4.78, 5) is 11.8. The van der Waals surface area contributed by atoms with Crippen molar-refractivity contribution in [2.24, 2.45) is 5.92 Å². The zero-order chi connectivity index (χ0) is 10.7. The molecule has 15 heavy (non-hydrogen) atoms. The van der Waals surface area contributed by atoms with Crippen LogP contribution in [0, 0.1) is 5.92 Å². The number of amides is 1. The maximum absolute atomic E-state index is 11.8. The van der Waals surface area contributed by atoms with Crippen molar-refractivity contribution in [2.75, 3.05) is 32.9 Å². The highest BCUT2D eigenvalue weighted by Crippen LogP contribution is 2.21. The molecule has 2 aliphatic rings. The van der Waals surface area contributed by atoms with Gasteiger partial charge in [-0.15, -0.1) is 0 Å². The molecule has 0 saturated carbocycles. The van der Waals surface area contributed by atoms with Gasteiger partial charge in [0.05, 0.1) is 18.1 Å². The van der Waals surface area contributed by atoms with E-state index in [2.05, 4.69) is 10.6 Å². The van der Waals surface area contributed by atoms with E-state index < -0.39 is 5.54 Å². The van der Waals surface area contributed by atoms with Crippen LogP contribution in [0.15, 0.2) is 0 Å². The number of hydrogen-bond acceptors (Lipinski definition) is 4. The molecule has 2 saturated heterocycles. The lowest BCUT2D eigenvalue weighted by Crippen LogP contribution is -2.60. The molecular formula is C10H18N2O3. The van der Waals surface area contributed by atoms with Gasteiger partial charge in [0.2, 0.25) is 5.91 Å². The number of hydrogen-bond donors (Lipinski definition) is 3. The molecule has 5 nitrogen and oxygen atoms in total. The third kappa shape index (κ3) is 2.30. The molecule has 2 heterocycles. The van der Waals surface area contributed by atoms with Gasteiger partial charge in [0.25, 0.3) is 0 Å². The van der Waals surface area contributed by atoms with E-state index >= 15 is 0 Å². The fraction of sp³-hybridized carbons (Fsp3) is 0.900. The van der Waals surface area contributed by atoms with Gasteiger partial charge in [0.1, 0.15) is 0 Å². The molecule has 2 fully saturated rings. The summed E-state index contributed by atoms with van der Waals surface area (Å²) in [6.07, 6.45) is 1.41. The number of carbonyl (C=O) groups excluding carboxylic acids is 1. The monoisotopic (exact) mass is 214 g/mol. The number of carbonyl (C=O) groups is 1. The Bertz CT molecular complexity index is 235. The molecule has 0 aliphatic carbocycles. The van der Waals surface area contributed by atoms with Crippen LogP contribution in [0.4, 0.5) is 0 Å². The molecule has 0 unspecified atom stereocenters. The minimum atomic E-state index is -0.440. The van der Waals surface area contributed by atoms with Crippen molar-refractivity contribution in [3.63, 3.8) is 0 Å². The van der Waals surface area contributed by atoms with Crippen molar-refractivity contribution >= 4 is 5.91 Å². The van der Waals surface area contributed by atoms with E-state index in [0.29, 0.717) is 26.1 Å². The zero-order valence-electron chi connectivity index (χ0n) is 8.79. The van der Waals surface area contributed by atoms with Crippen LogP contribution in [0.5, 0.6) is 0 Å². The van der Waals surface area contributed by atoms with Gasteiger partial charge < -0.3 is 20.5 Å². The minimum absolute atomic E-state index is 0.00223. The van der Waals surface area contributed by atoms with E-state index in [-0.39, 0.29) is 18.4 Å². The van der Waals surface area contributed by atoms with Crippen LogP contribution in [0.3, 0.4) is 0 Å². The van der Waals surface area contributed by atoms with E-state index in [1.54, 1.807) is 0 Å². The summed E-state index contributed by atoms with van der Waals surface area (Å²) in [5.74, 6) is 0.140.